The van der Waals surface area contributed by atoms with E-state index in [0.717, 1.165) is 6.07 Å². The van der Waals surface area contributed by atoms with E-state index in [1.165, 1.54) is 12.1 Å². The minimum Gasteiger partial charge on any atom is -0.489 e. The Kier molecular flexibility index (Phi) is 3.35. The zero-order valence-corrected chi connectivity index (χ0v) is 7.27. The van der Waals surface area contributed by atoms with Crippen LogP contribution in [0.3, 0.4) is 0 Å². The van der Waals surface area contributed by atoms with Gasteiger partial charge in [-0.25, -0.2) is 4.39 Å². The van der Waals surface area contributed by atoms with Crippen LogP contribution < -0.4 is 10.5 Å². The topological polar surface area (TPSA) is 78.4 Å². The second-order valence-electron chi connectivity index (χ2n) is 2.51. The largest absolute Gasteiger partial charge is 0.489 e. The summed E-state index contributed by atoms with van der Waals surface area (Å²) in [5, 5.41) is 10.3. The third-order valence-corrected chi connectivity index (χ3v) is 1.50. The summed E-state index contributed by atoms with van der Waals surface area (Å²) in [6.45, 7) is 0.436. The van der Waals surface area contributed by atoms with Gasteiger partial charge in [-0.2, -0.15) is 0 Å². The van der Waals surface area contributed by atoms with Crippen molar-refractivity contribution in [2.75, 3.05) is 13.2 Å². The van der Waals surface area contributed by atoms with E-state index in [2.05, 4.69) is 0 Å². The Morgan fingerprint density at radius 3 is 2.79 bits per heavy atom. The van der Waals surface area contributed by atoms with Gasteiger partial charge < -0.3 is 10.5 Å². The summed E-state index contributed by atoms with van der Waals surface area (Å²) in [6.07, 6.45) is 0. The van der Waals surface area contributed by atoms with E-state index in [0.29, 0.717) is 0 Å². The zero-order valence-electron chi connectivity index (χ0n) is 7.27. The van der Waals surface area contributed by atoms with Crippen LogP contribution >= 0.6 is 0 Å². The Morgan fingerprint density at radius 2 is 2.29 bits per heavy atom. The third kappa shape index (κ3) is 2.40. The normalized spacial score (nSPS) is 9.86. The molecule has 1 aromatic rings. The van der Waals surface area contributed by atoms with Crippen LogP contribution in [-0.2, 0) is 0 Å². The molecule has 0 unspecified atom stereocenters. The van der Waals surface area contributed by atoms with Gasteiger partial charge >= 0.3 is 0 Å². The first-order valence-corrected chi connectivity index (χ1v) is 3.92. The average Bonchev–Trinajstić information content (AvgIpc) is 2.15. The molecule has 2 N–H and O–H groups in total. The van der Waals surface area contributed by atoms with Crippen molar-refractivity contribution in [3.05, 3.63) is 34.1 Å². The van der Waals surface area contributed by atoms with E-state index in [-0.39, 0.29) is 24.6 Å². The predicted molar refractivity (Wildman–Crippen MR) is 47.6 cm³/mol. The van der Waals surface area contributed by atoms with Crippen LogP contribution in [0.5, 0.6) is 5.75 Å². The fourth-order valence-electron chi connectivity index (χ4n) is 0.889. The molecule has 0 heterocycles. The molecule has 0 atom stereocenters. The van der Waals surface area contributed by atoms with Crippen molar-refractivity contribution in [3.63, 3.8) is 0 Å². The molecule has 0 aliphatic carbocycles. The highest BCUT2D eigenvalue weighted by Gasteiger charge is 2.10. The second-order valence-corrected chi connectivity index (χ2v) is 2.51. The standard InChI is InChI=1S/C8H9FN2O3/c9-7-5-6(11(12)13)1-2-8(7)14-4-3-10/h1-2,5H,3-4,10H2. The van der Waals surface area contributed by atoms with Crippen molar-refractivity contribution >= 4 is 5.69 Å². The first-order valence-electron chi connectivity index (χ1n) is 3.92. The number of rotatable bonds is 4. The average molecular weight is 200 g/mol. The molecule has 0 aromatic heterocycles. The lowest BCUT2D eigenvalue weighted by Gasteiger charge is -2.04. The maximum absolute atomic E-state index is 13.1. The number of nitrogens with two attached hydrogens (primary N) is 1. The van der Waals surface area contributed by atoms with Crippen LogP contribution in [0.2, 0.25) is 0 Å². The summed E-state index contributed by atoms with van der Waals surface area (Å²) in [5.41, 5.74) is 4.85. The molecule has 1 aromatic carbocycles. The second kappa shape index (κ2) is 4.52. The Bertz CT molecular complexity index is 343. The first kappa shape index (κ1) is 10.4. The highest BCUT2D eigenvalue weighted by Crippen LogP contribution is 2.22. The van der Waals surface area contributed by atoms with Gasteiger partial charge in [0.15, 0.2) is 11.6 Å². The summed E-state index contributed by atoms with van der Waals surface area (Å²) in [4.78, 5) is 9.59. The van der Waals surface area contributed by atoms with Crippen molar-refractivity contribution in [2.45, 2.75) is 0 Å². The molecule has 0 aliphatic heterocycles. The predicted octanol–water partition coefficient (Wildman–Crippen LogP) is 1.07. The van der Waals surface area contributed by atoms with Crippen molar-refractivity contribution in [1.82, 2.24) is 0 Å². The lowest BCUT2D eigenvalue weighted by molar-refractivity contribution is -0.385. The number of nitro benzene ring substituents is 1. The molecule has 0 aliphatic rings. The summed E-state index contributed by atoms with van der Waals surface area (Å²) in [5.74, 6) is -0.784. The van der Waals surface area contributed by atoms with Gasteiger partial charge in [-0.15, -0.1) is 0 Å². The number of ether oxygens (including phenoxy) is 1. The van der Waals surface area contributed by atoms with Gasteiger partial charge in [0.05, 0.1) is 11.0 Å². The maximum atomic E-state index is 13.1. The molecular formula is C8H9FN2O3. The molecule has 0 amide bonds. The highest BCUT2D eigenvalue weighted by atomic mass is 19.1. The molecule has 1 rings (SSSR count). The minimum atomic E-state index is -0.757. The maximum Gasteiger partial charge on any atom is 0.272 e. The van der Waals surface area contributed by atoms with Crippen LogP contribution in [-0.4, -0.2) is 18.1 Å². The summed E-state index contributed by atoms with van der Waals surface area (Å²) < 4.78 is 18.0. The van der Waals surface area contributed by atoms with Gasteiger partial charge in [0.25, 0.3) is 5.69 Å². The van der Waals surface area contributed by atoms with E-state index in [1.807, 2.05) is 0 Å². The van der Waals surface area contributed by atoms with Crippen LogP contribution in [0, 0.1) is 15.9 Å². The van der Waals surface area contributed by atoms with Gasteiger partial charge in [0, 0.05) is 12.6 Å². The quantitative estimate of drug-likeness (QED) is 0.582. The Balaban J connectivity index is 2.84. The molecule has 6 heteroatoms. The summed E-state index contributed by atoms with van der Waals surface area (Å²) >= 11 is 0. The lowest BCUT2D eigenvalue weighted by atomic mass is 10.3. The molecule has 0 radical (unpaired) electrons. The molecule has 14 heavy (non-hydrogen) atoms. The van der Waals surface area contributed by atoms with Crippen molar-refractivity contribution in [2.24, 2.45) is 5.73 Å². The molecule has 0 saturated heterocycles. The first-order chi connectivity index (χ1) is 6.65. The van der Waals surface area contributed by atoms with E-state index < -0.39 is 10.7 Å². The molecule has 0 fully saturated rings. The van der Waals surface area contributed by atoms with Crippen LogP contribution in [0.25, 0.3) is 0 Å². The third-order valence-electron chi connectivity index (χ3n) is 1.50. The molecule has 5 nitrogen and oxygen atoms in total. The number of nitro groups is 1. The van der Waals surface area contributed by atoms with Crippen molar-refractivity contribution in [3.8, 4) is 5.75 Å². The number of benzene rings is 1. The van der Waals surface area contributed by atoms with Gasteiger partial charge in [-0.05, 0) is 6.07 Å². The van der Waals surface area contributed by atoms with E-state index in [4.69, 9.17) is 10.5 Å². The van der Waals surface area contributed by atoms with E-state index >= 15 is 0 Å². The van der Waals surface area contributed by atoms with Gasteiger partial charge in [-0.3, -0.25) is 10.1 Å². The number of hydrogen-bond donors (Lipinski definition) is 1. The van der Waals surface area contributed by atoms with Crippen molar-refractivity contribution < 1.29 is 14.1 Å². The SMILES string of the molecule is NCCOc1ccc([N+](=O)[O-])cc1F. The lowest BCUT2D eigenvalue weighted by Crippen LogP contribution is -2.11. The zero-order chi connectivity index (χ0) is 10.6. The Hall–Kier alpha value is -1.69. The number of halogens is 1. The monoisotopic (exact) mass is 200 g/mol. The molecule has 76 valence electrons. The van der Waals surface area contributed by atoms with E-state index in [9.17, 15) is 14.5 Å². The van der Waals surface area contributed by atoms with Crippen LogP contribution in [0.1, 0.15) is 0 Å². The fraction of sp³-hybridized carbons (Fsp3) is 0.250. The molecule has 0 spiro atoms. The smallest absolute Gasteiger partial charge is 0.272 e. The summed E-state index contributed by atoms with van der Waals surface area (Å²) in [6, 6.07) is 3.20. The Labute approximate surface area is 79.4 Å². The van der Waals surface area contributed by atoms with Crippen LogP contribution in [0.15, 0.2) is 18.2 Å². The van der Waals surface area contributed by atoms with Gasteiger partial charge in [-0.1, -0.05) is 0 Å². The molecule has 0 saturated carbocycles. The van der Waals surface area contributed by atoms with Gasteiger partial charge in [0.1, 0.15) is 6.61 Å². The number of nitrogens with zero attached hydrogens (tertiary/aromatic N) is 1. The molecule has 0 bridgehead atoms. The molecular weight excluding hydrogens is 191 g/mol. The van der Waals surface area contributed by atoms with Crippen LogP contribution in [0.4, 0.5) is 10.1 Å². The van der Waals surface area contributed by atoms with Crippen molar-refractivity contribution in [1.29, 1.82) is 0 Å². The van der Waals surface area contributed by atoms with Gasteiger partial charge in [0.2, 0.25) is 0 Å². The highest BCUT2D eigenvalue weighted by molar-refractivity contribution is 5.37. The minimum absolute atomic E-state index is 0.0268. The number of non-ortho nitro benzene ring substituents is 1. The fourth-order valence-corrected chi connectivity index (χ4v) is 0.889. The number of hydrogen-bond acceptors (Lipinski definition) is 4. The van der Waals surface area contributed by atoms with E-state index in [1.54, 1.807) is 0 Å². The summed E-state index contributed by atoms with van der Waals surface area (Å²) in [7, 11) is 0. The Morgan fingerprint density at radius 1 is 1.57 bits per heavy atom.